The third kappa shape index (κ3) is 626. The van der Waals surface area contributed by atoms with Crippen LogP contribution in [0, 0.1) is 0 Å². The molecule has 0 aromatic heterocycles. The van der Waals surface area contributed by atoms with Gasteiger partial charge >= 0.3 is 53.9 Å². The van der Waals surface area contributed by atoms with Crippen LogP contribution in [0.25, 0.3) is 0 Å². The van der Waals surface area contributed by atoms with Crippen molar-refractivity contribution >= 4 is 72.1 Å². The molecule has 0 rings (SSSR count). The second-order valence-electron chi connectivity index (χ2n) is 4.50. The standard InChI is InChI=1S/C3H9Ge.2C3H9Si.CH3Ge.Te/c3*1-4(2)3;1-2;/h3*1-3H3;1H3;. The zero-order valence-corrected chi connectivity index (χ0v) is 20.9. The molecule has 92 valence electrons. The molecule has 0 aromatic rings. The van der Waals surface area contributed by atoms with Gasteiger partial charge in [0.15, 0.2) is 0 Å². The predicted molar refractivity (Wildman–Crippen MR) is 87.4 cm³/mol. The van der Waals surface area contributed by atoms with E-state index in [0.717, 1.165) is 0 Å². The van der Waals surface area contributed by atoms with E-state index >= 15 is 0 Å². The van der Waals surface area contributed by atoms with Gasteiger partial charge in [-0.2, -0.15) is 0 Å². The van der Waals surface area contributed by atoms with Crippen LogP contribution >= 0.6 is 0 Å². The average molecular weight is 479 g/mol. The van der Waals surface area contributed by atoms with E-state index in [1.807, 2.05) is 22.3 Å². The first-order valence-corrected chi connectivity index (χ1v) is 19.4. The molecule has 0 amide bonds. The van der Waals surface area contributed by atoms with Crippen LogP contribution < -0.4 is 0 Å². The summed E-state index contributed by atoms with van der Waals surface area (Å²) in [6, 6.07) is 0. The Balaban J connectivity index is -0.0000000298. The van der Waals surface area contributed by atoms with Crippen molar-refractivity contribution < 1.29 is 0 Å². The molecule has 0 bridgehead atoms. The Bertz CT molecular complexity index is 49.9. The van der Waals surface area contributed by atoms with Gasteiger partial charge in [0, 0.05) is 41.3 Å². The van der Waals surface area contributed by atoms with Crippen LogP contribution in [-0.2, 0) is 0 Å². The Morgan fingerprint density at radius 2 is 0.667 bits per heavy atom. The van der Waals surface area contributed by atoms with Gasteiger partial charge in [0.05, 0.1) is 0 Å². The third-order valence-corrected chi connectivity index (χ3v) is 0. The predicted octanol–water partition coefficient (Wildman–Crippen LogP) is 3.93. The van der Waals surface area contributed by atoms with Crippen LogP contribution in [0.4, 0.5) is 0 Å². The van der Waals surface area contributed by atoms with Crippen LogP contribution in [0.1, 0.15) is 0 Å². The minimum Gasteiger partial charge on any atom is 0 e. The SMILES string of the molecule is C[Si](C)C.C[Si](C)C.[CH3][Ge].[CH3][Ge]([CH3])[CH3].[Te]. The summed E-state index contributed by atoms with van der Waals surface area (Å²) >= 11 is 1.67. The Labute approximate surface area is 133 Å². The van der Waals surface area contributed by atoms with Gasteiger partial charge in [-0.05, 0) is 0 Å². The third-order valence-electron chi connectivity index (χ3n) is 0. The summed E-state index contributed by atoms with van der Waals surface area (Å²) < 4.78 is 0. The average Bonchev–Trinajstić information content (AvgIpc) is 1.86. The molecule has 0 saturated heterocycles. The van der Waals surface area contributed by atoms with Crippen LogP contribution in [0.5, 0.6) is 0 Å². The normalized spacial score (nSPS) is 7.60. The van der Waals surface area contributed by atoms with Crippen molar-refractivity contribution in [2.45, 2.75) is 62.3 Å². The van der Waals surface area contributed by atoms with E-state index in [9.17, 15) is 0 Å². The molecule has 0 atom stereocenters. The Morgan fingerprint density at radius 1 is 0.667 bits per heavy atom. The molecular weight excluding hydrogens is 449 g/mol. The summed E-state index contributed by atoms with van der Waals surface area (Å²) in [4.78, 5) is 0. The number of rotatable bonds is 0. The van der Waals surface area contributed by atoms with Crippen LogP contribution in [-0.4, -0.2) is 72.1 Å². The fourth-order valence-corrected chi connectivity index (χ4v) is 0. The van der Waals surface area contributed by atoms with E-state index in [0.29, 0.717) is 0 Å². The van der Waals surface area contributed by atoms with E-state index in [4.69, 9.17) is 0 Å². The van der Waals surface area contributed by atoms with Crippen LogP contribution in [0.15, 0.2) is 0 Å². The van der Waals surface area contributed by atoms with Gasteiger partial charge < -0.3 is 0 Å². The van der Waals surface area contributed by atoms with Gasteiger partial charge in [0.25, 0.3) is 0 Å². The van der Waals surface area contributed by atoms with Crippen molar-refractivity contribution in [1.82, 2.24) is 0 Å². The van der Waals surface area contributed by atoms with Crippen molar-refractivity contribution in [2.75, 3.05) is 0 Å². The van der Waals surface area contributed by atoms with E-state index < -0.39 is 0 Å². The molecule has 15 heavy (non-hydrogen) atoms. The monoisotopic (exact) mass is 484 g/mol. The molecule has 8 radical (unpaired) electrons. The minimum absolute atomic E-state index is 0. The van der Waals surface area contributed by atoms with Gasteiger partial charge in [0.2, 0.25) is 0 Å². The zero-order valence-electron chi connectivity index (χ0n) is 12.4. The molecule has 0 heterocycles. The number of hydrogen-bond donors (Lipinski definition) is 0. The summed E-state index contributed by atoms with van der Waals surface area (Å²) in [5, 5.41) is 0. The summed E-state index contributed by atoms with van der Waals surface area (Å²) in [7, 11) is 0.241. The quantitative estimate of drug-likeness (QED) is 0.462. The van der Waals surface area contributed by atoms with E-state index in [1.54, 1.807) is 0 Å². The summed E-state index contributed by atoms with van der Waals surface area (Å²) in [6.45, 7) is 13.6. The topological polar surface area (TPSA) is 0 Å². The van der Waals surface area contributed by atoms with Gasteiger partial charge in [-0.3, -0.25) is 0 Å². The fourth-order valence-electron chi connectivity index (χ4n) is 0. The van der Waals surface area contributed by atoms with Crippen molar-refractivity contribution in [1.29, 1.82) is 0 Å². The van der Waals surface area contributed by atoms with Crippen molar-refractivity contribution in [2.24, 2.45) is 0 Å². The maximum Gasteiger partial charge on any atom is 0 e. The van der Waals surface area contributed by atoms with E-state index in [-0.39, 0.29) is 55.6 Å². The smallest absolute Gasteiger partial charge is 0 e. The Morgan fingerprint density at radius 3 is 0.667 bits per heavy atom. The molecule has 0 N–H and O–H groups in total. The van der Waals surface area contributed by atoms with E-state index in [2.05, 4.69) is 56.6 Å². The molecule has 0 nitrogen and oxygen atoms in total. The summed E-state index contributed by atoms with van der Waals surface area (Å²) in [5.41, 5.74) is 0. The molecule has 0 aromatic carbocycles. The maximum atomic E-state index is 2.33. The number of hydrogen-bond acceptors (Lipinski definition) is 0. The Kier molecular flexibility index (Phi) is 60.5. The maximum absolute atomic E-state index is 2.33. The molecule has 0 aliphatic rings. The van der Waals surface area contributed by atoms with Crippen LogP contribution in [0.2, 0.25) is 62.3 Å². The molecule has 0 unspecified atom stereocenters. The molecule has 0 spiro atoms. The second kappa shape index (κ2) is 29.9. The van der Waals surface area contributed by atoms with Gasteiger partial charge in [-0.1, -0.05) is 39.3 Å². The first-order valence-electron chi connectivity index (χ1n) is 5.00. The first-order chi connectivity index (χ1) is 6.20. The van der Waals surface area contributed by atoms with Gasteiger partial charge in [-0.15, -0.1) is 0 Å². The molecule has 0 saturated carbocycles. The van der Waals surface area contributed by atoms with Crippen LogP contribution in [0.3, 0.4) is 0 Å². The second-order valence-corrected chi connectivity index (χ2v) is 16.8. The summed E-state index contributed by atoms with van der Waals surface area (Å²) in [6.07, 6.45) is 0. The van der Waals surface area contributed by atoms with Gasteiger partial charge in [0.1, 0.15) is 0 Å². The first kappa shape index (κ1) is 30.4. The molecule has 0 aliphatic carbocycles. The molecule has 5 heteroatoms. The minimum atomic E-state index is -0.333. The Hall–Kier alpha value is 2.31. The molecule has 0 aliphatic heterocycles. The van der Waals surface area contributed by atoms with E-state index in [1.165, 1.54) is 0 Å². The van der Waals surface area contributed by atoms with Gasteiger partial charge in [-0.25, -0.2) is 0 Å². The summed E-state index contributed by atoms with van der Waals surface area (Å²) in [5.74, 6) is 9.00. The van der Waals surface area contributed by atoms with Crippen molar-refractivity contribution in [3.8, 4) is 0 Å². The molecular formula is C10H30Ge2Si2Te. The largest absolute Gasteiger partial charge is 0 e. The molecule has 0 fully saturated rings. The fraction of sp³-hybridized carbons (Fsp3) is 1.00. The van der Waals surface area contributed by atoms with Crippen molar-refractivity contribution in [3.63, 3.8) is 0 Å². The van der Waals surface area contributed by atoms with Crippen molar-refractivity contribution in [3.05, 3.63) is 0 Å². The zero-order chi connectivity index (χ0) is 12.7.